The molecule has 3 aliphatic rings. The average Bonchev–Trinajstić information content (AvgIpc) is 3.34. The number of allylic oxidation sites excluding steroid dienone is 1. The number of carbonyl (C=O) groups is 2. The lowest BCUT2D eigenvalue weighted by molar-refractivity contribution is -0.192. The van der Waals surface area contributed by atoms with Gasteiger partial charge in [-0.2, -0.15) is 13.2 Å². The van der Waals surface area contributed by atoms with Gasteiger partial charge in [0.1, 0.15) is 0 Å². The number of hydrogen-bond acceptors (Lipinski definition) is 5. The summed E-state index contributed by atoms with van der Waals surface area (Å²) in [5, 5.41) is 7.12. The largest absolute Gasteiger partial charge is 0.490 e. The van der Waals surface area contributed by atoms with Gasteiger partial charge in [0.05, 0.1) is 13.2 Å². The normalized spacial score (nSPS) is 22.2. The predicted octanol–water partition coefficient (Wildman–Crippen LogP) is 3.85. The van der Waals surface area contributed by atoms with Crippen LogP contribution in [0.4, 0.5) is 13.2 Å². The molecule has 33 heavy (non-hydrogen) atoms. The monoisotopic (exact) mass is 470 g/mol. The molecule has 10 heteroatoms. The number of carboxylic acid groups (broad SMARTS) is 1. The number of aromatic nitrogens is 1. The summed E-state index contributed by atoms with van der Waals surface area (Å²) in [7, 11) is 0. The first-order valence-electron chi connectivity index (χ1n) is 11.1. The maximum absolute atomic E-state index is 12.7. The number of hydrogen-bond donors (Lipinski definition) is 1. The highest BCUT2D eigenvalue weighted by molar-refractivity contribution is 5.93. The number of aliphatic carboxylic acids is 1. The second-order valence-corrected chi connectivity index (χ2v) is 8.58. The Morgan fingerprint density at radius 3 is 2.55 bits per heavy atom. The number of nitrogens with zero attached hydrogens (tertiary/aromatic N) is 2. The van der Waals surface area contributed by atoms with E-state index in [1.165, 1.54) is 0 Å². The second-order valence-electron chi connectivity index (χ2n) is 8.58. The average molecular weight is 470 g/mol. The van der Waals surface area contributed by atoms with Gasteiger partial charge in [-0.25, -0.2) is 9.78 Å². The van der Waals surface area contributed by atoms with E-state index in [0.29, 0.717) is 18.4 Å². The Morgan fingerprint density at radius 2 is 1.97 bits per heavy atom. The van der Waals surface area contributed by atoms with Crippen molar-refractivity contribution in [2.75, 3.05) is 32.9 Å². The summed E-state index contributed by atoms with van der Waals surface area (Å²) in [4.78, 5) is 27.9. The van der Waals surface area contributed by atoms with Crippen molar-refractivity contribution in [3.05, 3.63) is 36.0 Å². The van der Waals surface area contributed by atoms with E-state index < -0.39 is 12.1 Å². The molecule has 1 spiro atoms. The number of likely N-dealkylation sites (tertiary alicyclic amines) is 1. The molecule has 2 aliphatic heterocycles. The highest BCUT2D eigenvalue weighted by atomic mass is 19.4. The van der Waals surface area contributed by atoms with E-state index in [9.17, 15) is 18.0 Å². The van der Waals surface area contributed by atoms with Gasteiger partial charge in [0, 0.05) is 43.5 Å². The summed E-state index contributed by atoms with van der Waals surface area (Å²) in [5.41, 5.74) is 1.26. The predicted molar refractivity (Wildman–Crippen MR) is 113 cm³/mol. The number of piperidine rings is 1. The Hall–Kier alpha value is -2.62. The molecule has 0 radical (unpaired) electrons. The smallest absolute Gasteiger partial charge is 0.477 e. The molecule has 1 aromatic rings. The highest BCUT2D eigenvalue weighted by Crippen LogP contribution is 2.45. The molecule has 0 bridgehead atoms. The summed E-state index contributed by atoms with van der Waals surface area (Å²) in [5.74, 6) is -1.45. The van der Waals surface area contributed by atoms with Crippen molar-refractivity contribution in [3.63, 3.8) is 0 Å². The van der Waals surface area contributed by atoms with Crippen LogP contribution in [-0.4, -0.2) is 66.0 Å². The quantitative estimate of drug-likeness (QED) is 0.719. The van der Waals surface area contributed by atoms with Crippen LogP contribution >= 0.6 is 0 Å². The molecule has 1 amide bonds. The summed E-state index contributed by atoms with van der Waals surface area (Å²) >= 11 is 0. The van der Waals surface area contributed by atoms with Gasteiger partial charge in [-0.3, -0.25) is 4.79 Å². The lowest BCUT2D eigenvalue weighted by Crippen LogP contribution is -2.51. The molecule has 4 rings (SSSR count). The Morgan fingerprint density at radius 1 is 1.24 bits per heavy atom. The Balaban J connectivity index is 0.000000383. The van der Waals surface area contributed by atoms with Crippen molar-refractivity contribution in [1.82, 2.24) is 9.88 Å². The maximum atomic E-state index is 12.7. The van der Waals surface area contributed by atoms with E-state index in [4.69, 9.17) is 19.4 Å². The van der Waals surface area contributed by atoms with E-state index in [1.54, 1.807) is 6.20 Å². The zero-order valence-corrected chi connectivity index (χ0v) is 18.4. The maximum Gasteiger partial charge on any atom is 0.490 e. The van der Waals surface area contributed by atoms with Crippen LogP contribution in [0, 0.1) is 11.3 Å². The number of amides is 1. The second kappa shape index (κ2) is 11.0. The van der Waals surface area contributed by atoms with E-state index in [2.05, 4.69) is 16.0 Å². The van der Waals surface area contributed by atoms with Gasteiger partial charge < -0.3 is 19.5 Å². The SMILES string of the molecule is O=C(C1=CCCC1)N1CCC2(CCOCC2COc2ccccn2)CC1.O=C(O)C(F)(F)F. The van der Waals surface area contributed by atoms with Crippen molar-refractivity contribution < 1.29 is 37.3 Å². The van der Waals surface area contributed by atoms with Gasteiger partial charge >= 0.3 is 12.1 Å². The minimum atomic E-state index is -5.08. The van der Waals surface area contributed by atoms with Gasteiger partial charge in [0.25, 0.3) is 0 Å². The van der Waals surface area contributed by atoms with Crippen LogP contribution < -0.4 is 4.74 Å². The van der Waals surface area contributed by atoms with Crippen LogP contribution in [-0.2, 0) is 14.3 Å². The molecule has 1 aliphatic carbocycles. The van der Waals surface area contributed by atoms with Crippen molar-refractivity contribution in [2.24, 2.45) is 11.3 Å². The van der Waals surface area contributed by atoms with Crippen LogP contribution in [0.25, 0.3) is 0 Å². The van der Waals surface area contributed by atoms with Crippen LogP contribution in [0.2, 0.25) is 0 Å². The standard InChI is InChI=1S/C21H28N2O3.C2HF3O2/c24-20(17-5-1-2-6-17)23-12-8-21(9-13-23)10-14-25-15-18(21)16-26-19-7-3-4-11-22-19;3-2(4,5)1(6)7/h3-5,7,11,18H,1-2,6,8-10,12-16H2;(H,6,7). The van der Waals surface area contributed by atoms with Crippen LogP contribution in [0.5, 0.6) is 5.88 Å². The van der Waals surface area contributed by atoms with Crippen LogP contribution in [0.15, 0.2) is 36.0 Å². The third kappa shape index (κ3) is 6.69. The zero-order chi connectivity index (χ0) is 23.9. The first kappa shape index (κ1) is 25.0. The fourth-order valence-corrected chi connectivity index (χ4v) is 4.61. The number of ether oxygens (including phenoxy) is 2. The molecule has 182 valence electrons. The van der Waals surface area contributed by atoms with Gasteiger partial charge in [0.15, 0.2) is 0 Å². The summed E-state index contributed by atoms with van der Waals surface area (Å²) < 4.78 is 43.4. The number of rotatable bonds is 4. The fraction of sp³-hybridized carbons (Fsp3) is 0.609. The number of halogens is 3. The molecule has 1 atom stereocenters. The molecular weight excluding hydrogens is 441 g/mol. The zero-order valence-electron chi connectivity index (χ0n) is 18.4. The first-order chi connectivity index (χ1) is 15.7. The molecule has 0 saturated carbocycles. The summed E-state index contributed by atoms with van der Waals surface area (Å²) in [6, 6.07) is 5.73. The van der Waals surface area contributed by atoms with Gasteiger partial charge in [-0.15, -0.1) is 0 Å². The molecule has 1 N–H and O–H groups in total. The summed E-state index contributed by atoms with van der Waals surface area (Å²) in [6.07, 6.45) is 5.10. The molecule has 2 fully saturated rings. The van der Waals surface area contributed by atoms with Gasteiger partial charge in [-0.1, -0.05) is 12.1 Å². The van der Waals surface area contributed by atoms with E-state index >= 15 is 0 Å². The number of pyridine rings is 1. The molecule has 1 aromatic heterocycles. The van der Waals surface area contributed by atoms with Crippen molar-refractivity contribution in [1.29, 1.82) is 0 Å². The van der Waals surface area contributed by atoms with Crippen LogP contribution in [0.1, 0.15) is 38.5 Å². The fourth-order valence-electron chi connectivity index (χ4n) is 4.61. The van der Waals surface area contributed by atoms with Crippen molar-refractivity contribution in [2.45, 2.75) is 44.7 Å². The molecule has 7 nitrogen and oxygen atoms in total. The van der Waals surface area contributed by atoms with Crippen LogP contribution in [0.3, 0.4) is 0 Å². The molecule has 3 heterocycles. The number of alkyl halides is 3. The lowest BCUT2D eigenvalue weighted by Gasteiger charge is -2.48. The Labute approximate surface area is 190 Å². The van der Waals surface area contributed by atoms with Crippen molar-refractivity contribution in [3.8, 4) is 5.88 Å². The summed E-state index contributed by atoms with van der Waals surface area (Å²) in [6.45, 7) is 3.91. The number of carbonyl (C=O) groups excluding carboxylic acids is 1. The Kier molecular flexibility index (Phi) is 8.34. The van der Waals surface area contributed by atoms with E-state index in [0.717, 1.165) is 70.4 Å². The minimum Gasteiger partial charge on any atom is -0.477 e. The molecular formula is C23H29F3N2O5. The molecule has 0 aromatic carbocycles. The molecule has 1 unspecified atom stereocenters. The minimum absolute atomic E-state index is 0.230. The third-order valence-corrected chi connectivity index (χ3v) is 6.60. The first-order valence-corrected chi connectivity index (χ1v) is 11.1. The molecule has 2 saturated heterocycles. The lowest BCUT2D eigenvalue weighted by atomic mass is 9.66. The van der Waals surface area contributed by atoms with E-state index in [-0.39, 0.29) is 11.3 Å². The van der Waals surface area contributed by atoms with Crippen molar-refractivity contribution >= 4 is 11.9 Å². The number of carboxylic acids is 1. The third-order valence-electron chi connectivity index (χ3n) is 6.60. The highest BCUT2D eigenvalue weighted by Gasteiger charge is 2.44. The topological polar surface area (TPSA) is 89.0 Å². The van der Waals surface area contributed by atoms with Gasteiger partial charge in [0.2, 0.25) is 11.8 Å². The Bertz CT molecular complexity index is 836. The van der Waals surface area contributed by atoms with E-state index in [1.807, 2.05) is 18.2 Å². The van der Waals surface area contributed by atoms with Gasteiger partial charge in [-0.05, 0) is 50.0 Å².